The van der Waals surface area contributed by atoms with Crippen LogP contribution in [0.25, 0.3) is 0 Å². The van der Waals surface area contributed by atoms with Gasteiger partial charge in [-0.1, -0.05) is 11.6 Å². The van der Waals surface area contributed by atoms with Crippen LogP contribution in [0.1, 0.15) is 22.0 Å². The zero-order valence-corrected chi connectivity index (χ0v) is 12.3. The zero-order chi connectivity index (χ0) is 11.7. The van der Waals surface area contributed by atoms with Crippen LogP contribution in [0.4, 0.5) is 0 Å². The first-order chi connectivity index (χ1) is 7.63. The molecule has 1 aromatic heterocycles. The molecule has 2 N–H and O–H groups in total. The third-order valence-corrected chi connectivity index (χ3v) is 4.31. The van der Waals surface area contributed by atoms with Crippen LogP contribution in [0.15, 0.2) is 21.6 Å². The quantitative estimate of drug-likeness (QED) is 0.834. The van der Waals surface area contributed by atoms with Gasteiger partial charge in [0.25, 0.3) is 0 Å². The Bertz CT molecular complexity index is 465. The van der Waals surface area contributed by atoms with Gasteiger partial charge in [-0.15, -0.1) is 23.7 Å². The topological polar surface area (TPSA) is 36.4 Å². The fourth-order valence-electron chi connectivity index (χ4n) is 1.60. The summed E-state index contributed by atoms with van der Waals surface area (Å²) in [7, 11) is 1.74. The minimum atomic E-state index is 0. The van der Waals surface area contributed by atoms with Crippen molar-refractivity contribution in [2.75, 3.05) is 7.05 Å². The summed E-state index contributed by atoms with van der Waals surface area (Å²) in [6.45, 7) is 4.24. The van der Waals surface area contributed by atoms with Crippen molar-refractivity contribution in [3.8, 4) is 0 Å². The van der Waals surface area contributed by atoms with Crippen molar-refractivity contribution in [1.82, 2.24) is 10.6 Å². The average molecular weight is 292 g/mol. The summed E-state index contributed by atoms with van der Waals surface area (Å²) in [6.07, 6.45) is 1.79. The molecule has 1 atom stereocenters. The minimum Gasteiger partial charge on any atom is -0.343 e. The number of nitrogens with one attached hydrogen (secondary N) is 2. The molecule has 0 aliphatic carbocycles. The molecule has 94 valence electrons. The zero-order valence-electron chi connectivity index (χ0n) is 9.87. The monoisotopic (exact) mass is 291 g/mol. The van der Waals surface area contributed by atoms with E-state index in [1.165, 1.54) is 16.0 Å². The van der Waals surface area contributed by atoms with Gasteiger partial charge in [0, 0.05) is 18.1 Å². The largest absolute Gasteiger partial charge is 0.343 e. The van der Waals surface area contributed by atoms with Gasteiger partial charge in [-0.3, -0.25) is 4.99 Å². The molecule has 17 heavy (non-hydrogen) atoms. The fraction of sp³-hybridized carbons (Fsp3) is 0.364. The summed E-state index contributed by atoms with van der Waals surface area (Å²) in [5.74, 6) is 0.750. The highest BCUT2D eigenvalue weighted by molar-refractivity contribution is 7.10. The second kappa shape index (κ2) is 5.76. The van der Waals surface area contributed by atoms with E-state index in [9.17, 15) is 0 Å². The van der Waals surface area contributed by atoms with Crippen molar-refractivity contribution >= 4 is 41.3 Å². The standard InChI is InChI=1S/C11H14ClN3S.ClH/c1-6-5-16-10(7(6)2)9-8(12)4-14-11(13-3)15-9;/h4-5,9H,1-3H3,(H2,13,14,15);1H. The normalized spacial score (nSPS) is 21.3. The molecule has 0 amide bonds. The predicted octanol–water partition coefficient (Wildman–Crippen LogP) is 3.09. The molecule has 0 saturated heterocycles. The second-order valence-electron chi connectivity index (χ2n) is 3.73. The number of aryl methyl sites for hydroxylation is 1. The molecule has 0 fully saturated rings. The fourth-order valence-corrected chi connectivity index (χ4v) is 3.02. The SMILES string of the molecule is CN=C1NC=C(Cl)C(c2scc(C)c2C)N1.Cl. The van der Waals surface area contributed by atoms with E-state index in [2.05, 4.69) is 34.9 Å². The second-order valence-corrected chi connectivity index (χ2v) is 5.08. The van der Waals surface area contributed by atoms with E-state index < -0.39 is 0 Å². The summed E-state index contributed by atoms with van der Waals surface area (Å²) in [5.41, 5.74) is 2.60. The van der Waals surface area contributed by atoms with E-state index in [4.69, 9.17) is 11.6 Å². The first-order valence-corrected chi connectivity index (χ1v) is 6.29. The number of aliphatic imine (C=N–C) groups is 1. The third kappa shape index (κ3) is 2.76. The molecular formula is C11H15Cl2N3S. The lowest BCUT2D eigenvalue weighted by atomic mass is 10.1. The molecule has 3 nitrogen and oxygen atoms in total. The lowest BCUT2D eigenvalue weighted by Gasteiger charge is -2.24. The smallest absolute Gasteiger partial charge is 0.195 e. The highest BCUT2D eigenvalue weighted by Gasteiger charge is 2.23. The maximum absolute atomic E-state index is 6.21. The van der Waals surface area contributed by atoms with Crippen molar-refractivity contribution in [3.05, 3.63) is 32.6 Å². The van der Waals surface area contributed by atoms with Gasteiger partial charge in [-0.05, 0) is 30.4 Å². The summed E-state index contributed by atoms with van der Waals surface area (Å²) in [5, 5.41) is 9.18. The Morgan fingerprint density at radius 1 is 1.41 bits per heavy atom. The summed E-state index contributed by atoms with van der Waals surface area (Å²) in [6, 6.07) is 0.0281. The Labute approximate surface area is 116 Å². The van der Waals surface area contributed by atoms with E-state index >= 15 is 0 Å². The maximum atomic E-state index is 6.21. The van der Waals surface area contributed by atoms with Crippen LogP contribution in [0.2, 0.25) is 0 Å². The number of hydrogen-bond acceptors (Lipinski definition) is 2. The molecule has 0 radical (unpaired) electrons. The number of halogens is 2. The molecule has 0 saturated carbocycles. The lowest BCUT2D eigenvalue weighted by molar-refractivity contribution is 0.738. The van der Waals surface area contributed by atoms with Crippen LogP contribution < -0.4 is 10.6 Å². The Hall–Kier alpha value is -0.710. The highest BCUT2D eigenvalue weighted by Crippen LogP contribution is 2.34. The highest BCUT2D eigenvalue weighted by atomic mass is 35.5. The number of nitrogens with zero attached hydrogens (tertiary/aromatic N) is 1. The number of rotatable bonds is 1. The van der Waals surface area contributed by atoms with Gasteiger partial charge in [0.2, 0.25) is 0 Å². The third-order valence-electron chi connectivity index (χ3n) is 2.71. The van der Waals surface area contributed by atoms with Gasteiger partial charge < -0.3 is 10.6 Å². The molecule has 0 bridgehead atoms. The first kappa shape index (κ1) is 14.4. The summed E-state index contributed by atoms with van der Waals surface area (Å²) >= 11 is 7.94. The summed E-state index contributed by atoms with van der Waals surface area (Å²) in [4.78, 5) is 5.34. The Morgan fingerprint density at radius 3 is 2.65 bits per heavy atom. The van der Waals surface area contributed by atoms with E-state index in [0.717, 1.165) is 11.0 Å². The predicted molar refractivity (Wildman–Crippen MR) is 77.3 cm³/mol. The van der Waals surface area contributed by atoms with Crippen molar-refractivity contribution < 1.29 is 0 Å². The van der Waals surface area contributed by atoms with Gasteiger partial charge >= 0.3 is 0 Å². The van der Waals surface area contributed by atoms with Crippen LogP contribution in [-0.4, -0.2) is 13.0 Å². The molecule has 2 heterocycles. The van der Waals surface area contributed by atoms with Crippen molar-refractivity contribution in [2.45, 2.75) is 19.9 Å². The number of guanidine groups is 1. The molecule has 2 rings (SSSR count). The molecular weight excluding hydrogens is 277 g/mol. The van der Waals surface area contributed by atoms with Crippen LogP contribution in [0, 0.1) is 13.8 Å². The number of hydrogen-bond donors (Lipinski definition) is 2. The molecule has 1 unspecified atom stereocenters. The van der Waals surface area contributed by atoms with Crippen LogP contribution in [0.3, 0.4) is 0 Å². The Balaban J connectivity index is 0.00000144. The van der Waals surface area contributed by atoms with Crippen molar-refractivity contribution in [2.24, 2.45) is 4.99 Å². The number of thiophene rings is 1. The van der Waals surface area contributed by atoms with Crippen molar-refractivity contribution in [1.29, 1.82) is 0 Å². The van der Waals surface area contributed by atoms with Crippen molar-refractivity contribution in [3.63, 3.8) is 0 Å². The summed E-state index contributed by atoms with van der Waals surface area (Å²) < 4.78 is 0. The van der Waals surface area contributed by atoms with Gasteiger partial charge in [0.1, 0.15) is 6.04 Å². The average Bonchev–Trinajstić information content (AvgIpc) is 2.61. The molecule has 1 aliphatic heterocycles. The Morgan fingerprint density at radius 2 is 2.12 bits per heavy atom. The molecule has 1 aromatic rings. The van der Waals surface area contributed by atoms with Gasteiger partial charge in [-0.2, -0.15) is 0 Å². The van der Waals surface area contributed by atoms with Gasteiger partial charge in [-0.25, -0.2) is 0 Å². The molecule has 6 heteroatoms. The van der Waals surface area contributed by atoms with Gasteiger partial charge in [0.05, 0.1) is 5.03 Å². The molecule has 1 aliphatic rings. The van der Waals surface area contributed by atoms with E-state index in [1.807, 2.05) is 0 Å². The lowest BCUT2D eigenvalue weighted by Crippen LogP contribution is -2.41. The molecule has 0 aromatic carbocycles. The maximum Gasteiger partial charge on any atom is 0.195 e. The van der Waals surface area contributed by atoms with E-state index in [0.29, 0.717) is 0 Å². The van der Waals surface area contributed by atoms with Gasteiger partial charge in [0.15, 0.2) is 5.96 Å². The first-order valence-electron chi connectivity index (χ1n) is 5.03. The molecule has 0 spiro atoms. The van der Waals surface area contributed by atoms with Crippen LogP contribution in [0.5, 0.6) is 0 Å². The Kier molecular flexibility index (Phi) is 4.86. The van der Waals surface area contributed by atoms with E-state index in [-0.39, 0.29) is 18.4 Å². The van der Waals surface area contributed by atoms with Crippen LogP contribution in [-0.2, 0) is 0 Å². The van der Waals surface area contributed by atoms with E-state index in [1.54, 1.807) is 24.6 Å². The minimum absolute atomic E-state index is 0. The van der Waals surface area contributed by atoms with Crippen LogP contribution >= 0.6 is 35.3 Å².